The van der Waals surface area contributed by atoms with Gasteiger partial charge in [-0.1, -0.05) is 0 Å². The number of nitrogens with zero attached hydrogens (tertiary/aromatic N) is 4. The van der Waals surface area contributed by atoms with Crippen molar-refractivity contribution in [2.75, 3.05) is 34.3 Å². The number of allylic oxidation sites excluding steroid dienone is 1. The summed E-state index contributed by atoms with van der Waals surface area (Å²) in [6.07, 6.45) is 6.44. The SMILES string of the molecule is CN/C=C(\C=N)c1cn2nccc2c(OCCN(C)C)n1. The van der Waals surface area contributed by atoms with Crippen molar-refractivity contribution in [2.24, 2.45) is 0 Å². The van der Waals surface area contributed by atoms with Gasteiger partial charge in [0.1, 0.15) is 12.1 Å². The van der Waals surface area contributed by atoms with E-state index in [4.69, 9.17) is 10.1 Å². The molecule has 2 aromatic rings. The zero-order chi connectivity index (χ0) is 15.2. The maximum Gasteiger partial charge on any atom is 0.240 e. The summed E-state index contributed by atoms with van der Waals surface area (Å²) in [4.78, 5) is 6.54. The van der Waals surface area contributed by atoms with Gasteiger partial charge in [-0.2, -0.15) is 5.10 Å². The molecule has 7 nitrogen and oxygen atoms in total. The summed E-state index contributed by atoms with van der Waals surface area (Å²) in [7, 11) is 5.76. The lowest BCUT2D eigenvalue weighted by atomic mass is 10.2. The summed E-state index contributed by atoms with van der Waals surface area (Å²) in [5, 5.41) is 14.6. The van der Waals surface area contributed by atoms with Crippen LogP contribution in [0.15, 0.2) is 24.7 Å². The maximum absolute atomic E-state index is 7.49. The fourth-order valence-electron chi connectivity index (χ4n) is 1.81. The topological polar surface area (TPSA) is 78.5 Å². The van der Waals surface area contributed by atoms with E-state index in [9.17, 15) is 0 Å². The van der Waals surface area contributed by atoms with Crippen LogP contribution in [-0.4, -0.2) is 60.0 Å². The molecule has 0 atom stereocenters. The fraction of sp³-hybridized carbons (Fsp3) is 0.357. The Morgan fingerprint density at radius 2 is 2.33 bits per heavy atom. The minimum Gasteiger partial charge on any atom is -0.475 e. The molecule has 0 radical (unpaired) electrons. The molecule has 7 heteroatoms. The van der Waals surface area contributed by atoms with Gasteiger partial charge in [0.2, 0.25) is 5.88 Å². The number of hydrogen-bond donors (Lipinski definition) is 2. The Bertz CT molecular complexity index is 646. The number of fused-ring (bicyclic) bond motifs is 1. The van der Waals surface area contributed by atoms with Gasteiger partial charge in [-0.05, 0) is 20.2 Å². The second kappa shape index (κ2) is 6.85. The second-order valence-electron chi connectivity index (χ2n) is 4.78. The highest BCUT2D eigenvalue weighted by molar-refractivity contribution is 6.07. The van der Waals surface area contributed by atoms with Crippen LogP contribution in [0.4, 0.5) is 0 Å². The molecule has 2 N–H and O–H groups in total. The molecule has 0 saturated heterocycles. The van der Waals surface area contributed by atoms with Gasteiger partial charge in [-0.15, -0.1) is 0 Å². The quantitative estimate of drug-likeness (QED) is 0.739. The van der Waals surface area contributed by atoms with Gasteiger partial charge in [-0.3, -0.25) is 0 Å². The zero-order valence-corrected chi connectivity index (χ0v) is 12.5. The van der Waals surface area contributed by atoms with E-state index in [1.165, 1.54) is 6.21 Å². The molecule has 0 unspecified atom stereocenters. The minimum absolute atomic E-state index is 0.524. The van der Waals surface area contributed by atoms with Crippen LogP contribution in [0.5, 0.6) is 5.88 Å². The van der Waals surface area contributed by atoms with E-state index in [2.05, 4.69) is 15.4 Å². The Kier molecular flexibility index (Phi) is 4.89. The van der Waals surface area contributed by atoms with E-state index in [0.29, 0.717) is 23.8 Å². The second-order valence-corrected chi connectivity index (χ2v) is 4.78. The van der Waals surface area contributed by atoms with Gasteiger partial charge < -0.3 is 20.4 Å². The first-order chi connectivity index (χ1) is 10.2. The first-order valence-electron chi connectivity index (χ1n) is 6.66. The lowest BCUT2D eigenvalue weighted by molar-refractivity contribution is 0.255. The summed E-state index contributed by atoms with van der Waals surface area (Å²) < 4.78 is 7.47. The van der Waals surface area contributed by atoms with Gasteiger partial charge in [0.15, 0.2) is 0 Å². The lowest BCUT2D eigenvalue weighted by Gasteiger charge is -2.12. The van der Waals surface area contributed by atoms with Crippen LogP contribution in [0.25, 0.3) is 11.1 Å². The van der Waals surface area contributed by atoms with Crippen molar-refractivity contribution in [3.05, 3.63) is 30.4 Å². The average molecular weight is 288 g/mol. The van der Waals surface area contributed by atoms with E-state index in [-0.39, 0.29) is 0 Å². The third kappa shape index (κ3) is 3.57. The van der Waals surface area contributed by atoms with Crippen molar-refractivity contribution in [2.45, 2.75) is 0 Å². The van der Waals surface area contributed by atoms with E-state index < -0.39 is 0 Å². The van der Waals surface area contributed by atoms with Gasteiger partial charge in [0, 0.05) is 31.6 Å². The molecular formula is C14H20N6O. The fourth-order valence-corrected chi connectivity index (χ4v) is 1.81. The number of rotatable bonds is 7. The molecule has 0 amide bonds. The molecule has 2 aromatic heterocycles. The molecular weight excluding hydrogens is 268 g/mol. The van der Waals surface area contributed by atoms with Crippen LogP contribution in [0.2, 0.25) is 0 Å². The molecule has 0 bridgehead atoms. The van der Waals surface area contributed by atoms with Gasteiger partial charge in [0.05, 0.1) is 18.1 Å². The summed E-state index contributed by atoms with van der Waals surface area (Å²) in [6.45, 7) is 1.34. The summed E-state index contributed by atoms with van der Waals surface area (Å²) in [6, 6.07) is 1.85. The van der Waals surface area contributed by atoms with Crippen molar-refractivity contribution in [3.8, 4) is 5.88 Å². The Hall–Kier alpha value is -2.41. The average Bonchev–Trinajstić information content (AvgIpc) is 2.92. The van der Waals surface area contributed by atoms with Crippen LogP contribution in [0, 0.1) is 5.41 Å². The third-order valence-electron chi connectivity index (χ3n) is 2.88. The van der Waals surface area contributed by atoms with Crippen LogP contribution in [0.3, 0.4) is 0 Å². The molecule has 0 spiro atoms. The molecule has 0 aliphatic heterocycles. The van der Waals surface area contributed by atoms with Crippen molar-refractivity contribution in [1.29, 1.82) is 5.41 Å². The smallest absolute Gasteiger partial charge is 0.240 e. The van der Waals surface area contributed by atoms with Crippen LogP contribution >= 0.6 is 0 Å². The predicted molar refractivity (Wildman–Crippen MR) is 82.9 cm³/mol. The van der Waals surface area contributed by atoms with E-state index in [1.54, 1.807) is 30.2 Å². The summed E-state index contributed by atoms with van der Waals surface area (Å²) >= 11 is 0. The molecule has 0 aliphatic rings. The molecule has 2 rings (SSSR count). The van der Waals surface area contributed by atoms with Gasteiger partial charge in [0.25, 0.3) is 0 Å². The van der Waals surface area contributed by atoms with Crippen LogP contribution < -0.4 is 10.1 Å². The Morgan fingerprint density at radius 3 is 3.00 bits per heavy atom. The molecule has 0 fully saturated rings. The highest BCUT2D eigenvalue weighted by atomic mass is 16.5. The van der Waals surface area contributed by atoms with Crippen molar-refractivity contribution in [3.63, 3.8) is 0 Å². The van der Waals surface area contributed by atoms with E-state index in [1.807, 2.05) is 25.1 Å². The van der Waals surface area contributed by atoms with E-state index >= 15 is 0 Å². The Balaban J connectivity index is 2.36. The monoisotopic (exact) mass is 288 g/mol. The molecule has 0 saturated carbocycles. The highest BCUT2D eigenvalue weighted by Gasteiger charge is 2.10. The number of hydrogen-bond acceptors (Lipinski definition) is 6. The number of ether oxygens (including phenoxy) is 1. The summed E-state index contributed by atoms with van der Waals surface area (Å²) in [5.41, 5.74) is 2.11. The molecule has 0 aromatic carbocycles. The number of nitrogens with one attached hydrogen (secondary N) is 2. The predicted octanol–water partition coefficient (Wildman–Crippen LogP) is 0.880. The Morgan fingerprint density at radius 1 is 1.52 bits per heavy atom. The summed E-state index contributed by atoms with van der Waals surface area (Å²) in [5.74, 6) is 0.524. The van der Waals surface area contributed by atoms with Gasteiger partial charge in [-0.25, -0.2) is 9.50 Å². The molecule has 2 heterocycles. The largest absolute Gasteiger partial charge is 0.475 e. The number of aromatic nitrogens is 3. The van der Waals surface area contributed by atoms with Gasteiger partial charge >= 0.3 is 0 Å². The van der Waals surface area contributed by atoms with Crippen molar-refractivity contribution >= 4 is 17.3 Å². The number of likely N-dealkylation sites (N-methyl/N-ethyl adjacent to an activating group) is 1. The lowest BCUT2D eigenvalue weighted by Crippen LogP contribution is -2.20. The highest BCUT2D eigenvalue weighted by Crippen LogP contribution is 2.20. The minimum atomic E-state index is 0.524. The van der Waals surface area contributed by atoms with Crippen LogP contribution in [-0.2, 0) is 0 Å². The third-order valence-corrected chi connectivity index (χ3v) is 2.88. The van der Waals surface area contributed by atoms with Crippen LogP contribution in [0.1, 0.15) is 5.69 Å². The van der Waals surface area contributed by atoms with Crippen molar-refractivity contribution in [1.82, 2.24) is 24.8 Å². The molecule has 21 heavy (non-hydrogen) atoms. The first kappa shape index (κ1) is 15.0. The Labute approximate surface area is 123 Å². The van der Waals surface area contributed by atoms with Crippen molar-refractivity contribution < 1.29 is 4.74 Å². The normalized spacial score (nSPS) is 11.9. The molecule has 112 valence electrons. The molecule has 0 aliphatic carbocycles. The zero-order valence-electron chi connectivity index (χ0n) is 12.5. The standard InChI is InChI=1S/C14H20N6O/c1-16-9-11(8-15)12-10-20-13(4-5-17-20)14(18-12)21-7-6-19(2)3/h4-5,8-10,15-16H,6-7H2,1-3H3/b11-9+,15-8?. The van der Waals surface area contributed by atoms with E-state index in [0.717, 1.165) is 12.1 Å². The first-order valence-corrected chi connectivity index (χ1v) is 6.66. The maximum atomic E-state index is 7.49.